The minimum Gasteiger partial charge on any atom is -0.496 e. The highest BCUT2D eigenvalue weighted by Crippen LogP contribution is 2.30. The molecule has 4 rings (SSSR count). The smallest absolute Gasteiger partial charge is 0.237 e. The number of methoxy groups -OCH3 is 1. The Balaban J connectivity index is 1.50. The Labute approximate surface area is 169 Å². The van der Waals surface area contributed by atoms with Gasteiger partial charge in [0.15, 0.2) is 5.82 Å². The van der Waals surface area contributed by atoms with Crippen molar-refractivity contribution in [1.82, 2.24) is 25.0 Å². The van der Waals surface area contributed by atoms with Crippen LogP contribution in [0.15, 0.2) is 58.2 Å². The topological polar surface area (TPSA) is 105 Å². The average molecular weight is 415 g/mol. The molecule has 0 radical (unpaired) electrons. The zero-order valence-corrected chi connectivity index (χ0v) is 16.3. The number of thioether (sulfide) groups is 1. The molecule has 2 N–H and O–H groups in total. The molecule has 10 heteroatoms. The molecule has 0 aliphatic carbocycles. The number of nitrogen functional groups attached to an aromatic ring is 1. The first-order valence-electron chi connectivity index (χ1n) is 8.21. The third-order valence-electron chi connectivity index (χ3n) is 3.89. The van der Waals surface area contributed by atoms with Gasteiger partial charge in [0.1, 0.15) is 5.75 Å². The van der Waals surface area contributed by atoms with E-state index in [1.54, 1.807) is 19.2 Å². The Morgan fingerprint density at radius 3 is 2.86 bits per heavy atom. The third kappa shape index (κ3) is 3.67. The van der Waals surface area contributed by atoms with E-state index < -0.39 is 0 Å². The minimum absolute atomic E-state index is 0.398. The Hall–Kier alpha value is -3.04. The predicted molar refractivity (Wildman–Crippen MR) is 106 cm³/mol. The van der Waals surface area contributed by atoms with Crippen LogP contribution < -0.4 is 10.6 Å². The van der Waals surface area contributed by atoms with Crippen LogP contribution in [0.3, 0.4) is 0 Å². The summed E-state index contributed by atoms with van der Waals surface area (Å²) in [7, 11) is 1.60. The molecule has 2 aromatic carbocycles. The summed E-state index contributed by atoms with van der Waals surface area (Å²) >= 11 is 7.35. The van der Waals surface area contributed by atoms with Gasteiger partial charge in [0.2, 0.25) is 16.9 Å². The van der Waals surface area contributed by atoms with Gasteiger partial charge in [0, 0.05) is 10.6 Å². The number of halogens is 1. The first kappa shape index (κ1) is 18.3. The van der Waals surface area contributed by atoms with Crippen LogP contribution in [0.1, 0.15) is 5.89 Å². The fourth-order valence-electron chi connectivity index (χ4n) is 2.57. The number of rotatable bonds is 6. The third-order valence-corrected chi connectivity index (χ3v) is 5.05. The molecule has 0 amide bonds. The van der Waals surface area contributed by atoms with Crippen LogP contribution in [-0.4, -0.2) is 32.1 Å². The summed E-state index contributed by atoms with van der Waals surface area (Å²) in [6.07, 6.45) is 0. The van der Waals surface area contributed by atoms with Gasteiger partial charge in [-0.25, -0.2) is 4.68 Å². The van der Waals surface area contributed by atoms with Gasteiger partial charge in [0.05, 0.1) is 18.4 Å². The van der Waals surface area contributed by atoms with Crippen LogP contribution in [0, 0.1) is 0 Å². The maximum absolute atomic E-state index is 6.17. The highest BCUT2D eigenvalue weighted by Gasteiger charge is 2.17. The lowest BCUT2D eigenvalue weighted by atomic mass is 10.2. The van der Waals surface area contributed by atoms with Gasteiger partial charge >= 0.3 is 0 Å². The molecule has 0 fully saturated rings. The highest BCUT2D eigenvalue weighted by molar-refractivity contribution is 7.98. The second-order valence-electron chi connectivity index (χ2n) is 5.69. The van der Waals surface area contributed by atoms with Crippen molar-refractivity contribution in [2.75, 3.05) is 13.0 Å². The lowest BCUT2D eigenvalue weighted by Gasteiger charge is -2.07. The van der Waals surface area contributed by atoms with Crippen molar-refractivity contribution < 1.29 is 9.26 Å². The highest BCUT2D eigenvalue weighted by atomic mass is 35.5. The first-order chi connectivity index (χ1) is 13.7. The minimum atomic E-state index is 0.398. The van der Waals surface area contributed by atoms with Crippen molar-refractivity contribution in [3.05, 3.63) is 59.4 Å². The molecule has 0 aliphatic heterocycles. The predicted octanol–water partition coefficient (Wildman–Crippen LogP) is 3.66. The SMILES string of the molecule is COc1ccccc1-c1nnc(SCc2nc(-c3cccc(Cl)c3)no2)n1N. The quantitative estimate of drug-likeness (QED) is 0.376. The van der Waals surface area contributed by atoms with Gasteiger partial charge in [0.25, 0.3) is 0 Å². The average Bonchev–Trinajstić information content (AvgIpc) is 3.33. The molecule has 2 aromatic heterocycles. The van der Waals surface area contributed by atoms with Gasteiger partial charge in [-0.3, -0.25) is 0 Å². The van der Waals surface area contributed by atoms with Crippen molar-refractivity contribution in [2.24, 2.45) is 0 Å². The van der Waals surface area contributed by atoms with Crippen LogP contribution in [0.2, 0.25) is 5.02 Å². The van der Waals surface area contributed by atoms with Crippen molar-refractivity contribution >= 4 is 23.4 Å². The number of ether oxygens (including phenoxy) is 1. The molecule has 0 spiro atoms. The Kier molecular flexibility index (Phi) is 5.18. The van der Waals surface area contributed by atoms with E-state index in [1.807, 2.05) is 36.4 Å². The molecule has 142 valence electrons. The lowest BCUT2D eigenvalue weighted by molar-refractivity contribution is 0.391. The van der Waals surface area contributed by atoms with Crippen LogP contribution in [0.4, 0.5) is 0 Å². The zero-order chi connectivity index (χ0) is 19.5. The van der Waals surface area contributed by atoms with E-state index in [-0.39, 0.29) is 0 Å². The van der Waals surface area contributed by atoms with E-state index >= 15 is 0 Å². The van der Waals surface area contributed by atoms with E-state index in [0.29, 0.717) is 39.2 Å². The van der Waals surface area contributed by atoms with Crippen molar-refractivity contribution in [1.29, 1.82) is 0 Å². The zero-order valence-electron chi connectivity index (χ0n) is 14.7. The van der Waals surface area contributed by atoms with E-state index in [9.17, 15) is 0 Å². The van der Waals surface area contributed by atoms with E-state index in [4.69, 9.17) is 26.7 Å². The molecular weight excluding hydrogens is 400 g/mol. The first-order valence-corrected chi connectivity index (χ1v) is 9.57. The molecular formula is C18H15ClN6O2S. The molecule has 0 unspecified atom stereocenters. The van der Waals surface area contributed by atoms with Gasteiger partial charge in [-0.15, -0.1) is 10.2 Å². The van der Waals surface area contributed by atoms with Crippen molar-refractivity contribution in [3.8, 4) is 28.5 Å². The van der Waals surface area contributed by atoms with E-state index in [2.05, 4.69) is 20.3 Å². The van der Waals surface area contributed by atoms with Gasteiger partial charge < -0.3 is 15.1 Å². The van der Waals surface area contributed by atoms with Crippen LogP contribution in [0.5, 0.6) is 5.75 Å². The molecule has 0 atom stereocenters. The van der Waals surface area contributed by atoms with Crippen LogP contribution in [-0.2, 0) is 5.75 Å². The number of hydrogen-bond donors (Lipinski definition) is 1. The fraction of sp³-hybridized carbons (Fsp3) is 0.111. The van der Waals surface area contributed by atoms with Gasteiger partial charge in [-0.05, 0) is 24.3 Å². The number of nitrogens with zero attached hydrogens (tertiary/aromatic N) is 5. The second kappa shape index (κ2) is 7.91. The van der Waals surface area contributed by atoms with E-state index in [0.717, 1.165) is 11.1 Å². The number of para-hydroxylation sites is 1. The van der Waals surface area contributed by atoms with Crippen LogP contribution in [0.25, 0.3) is 22.8 Å². The normalized spacial score (nSPS) is 10.9. The Bertz CT molecular complexity index is 1110. The van der Waals surface area contributed by atoms with E-state index in [1.165, 1.54) is 16.4 Å². The summed E-state index contributed by atoms with van der Waals surface area (Å²) in [5.41, 5.74) is 1.54. The summed E-state index contributed by atoms with van der Waals surface area (Å²) in [6, 6.07) is 14.7. The Morgan fingerprint density at radius 2 is 2.04 bits per heavy atom. The summed E-state index contributed by atoms with van der Waals surface area (Å²) in [4.78, 5) is 4.38. The molecule has 28 heavy (non-hydrogen) atoms. The standard InChI is InChI=1S/C18H15ClN6O2S/c1-26-14-8-3-2-7-13(14)17-22-23-18(25(17)20)28-10-15-21-16(24-27-15)11-5-4-6-12(19)9-11/h2-9H,10,20H2,1H3. The largest absolute Gasteiger partial charge is 0.496 e. The summed E-state index contributed by atoms with van der Waals surface area (Å²) in [6.45, 7) is 0. The van der Waals surface area contributed by atoms with Crippen molar-refractivity contribution in [2.45, 2.75) is 10.9 Å². The monoisotopic (exact) mass is 414 g/mol. The maximum Gasteiger partial charge on any atom is 0.237 e. The molecule has 8 nitrogen and oxygen atoms in total. The Morgan fingerprint density at radius 1 is 1.18 bits per heavy atom. The molecule has 4 aromatic rings. The number of nitrogens with two attached hydrogens (primary N) is 1. The fourth-order valence-corrected chi connectivity index (χ4v) is 3.46. The number of benzene rings is 2. The van der Waals surface area contributed by atoms with Gasteiger partial charge in [-0.2, -0.15) is 4.98 Å². The summed E-state index contributed by atoms with van der Waals surface area (Å²) in [5.74, 6) is 8.66. The molecule has 0 saturated heterocycles. The summed E-state index contributed by atoms with van der Waals surface area (Å²) in [5, 5.41) is 13.4. The molecule has 0 bridgehead atoms. The summed E-state index contributed by atoms with van der Waals surface area (Å²) < 4.78 is 12.1. The molecule has 2 heterocycles. The lowest BCUT2D eigenvalue weighted by Crippen LogP contribution is -2.12. The molecule has 0 aliphatic rings. The second-order valence-corrected chi connectivity index (χ2v) is 7.07. The van der Waals surface area contributed by atoms with Crippen molar-refractivity contribution in [3.63, 3.8) is 0 Å². The van der Waals surface area contributed by atoms with Crippen LogP contribution >= 0.6 is 23.4 Å². The number of aromatic nitrogens is 5. The maximum atomic E-state index is 6.17. The number of hydrogen-bond acceptors (Lipinski definition) is 8. The molecule has 0 saturated carbocycles. The van der Waals surface area contributed by atoms with Gasteiger partial charge in [-0.1, -0.05) is 52.8 Å².